The predicted octanol–water partition coefficient (Wildman–Crippen LogP) is 2.39. The molecule has 0 aliphatic carbocycles. The number of hydrazine groups is 1. The molecule has 0 aliphatic rings. The number of amides is 2. The summed E-state index contributed by atoms with van der Waals surface area (Å²) in [6, 6.07) is 8.49. The van der Waals surface area contributed by atoms with Gasteiger partial charge in [0, 0.05) is 23.5 Å². The number of carbonyl (C=O) groups is 2. The summed E-state index contributed by atoms with van der Waals surface area (Å²) in [5.41, 5.74) is 8.18. The van der Waals surface area contributed by atoms with Crippen molar-refractivity contribution in [2.24, 2.45) is 0 Å². The lowest BCUT2D eigenvalue weighted by Crippen LogP contribution is -2.41. The molecule has 2 aromatic heterocycles. The minimum absolute atomic E-state index is 0.396. The molecule has 2 amide bonds. The maximum absolute atomic E-state index is 12.3. The highest BCUT2D eigenvalue weighted by Gasteiger charge is 2.11. The van der Waals surface area contributed by atoms with Crippen LogP contribution in [0.1, 0.15) is 51.7 Å². The van der Waals surface area contributed by atoms with Crippen LogP contribution in [0.3, 0.4) is 0 Å². The van der Waals surface area contributed by atoms with Crippen LogP contribution in [0.2, 0.25) is 0 Å². The van der Waals surface area contributed by atoms with Gasteiger partial charge in [-0.1, -0.05) is 18.6 Å². The summed E-state index contributed by atoms with van der Waals surface area (Å²) in [6.07, 6.45) is 8.08. The second-order valence-corrected chi connectivity index (χ2v) is 6.40. The molecule has 0 fully saturated rings. The molecule has 8 heteroatoms. The van der Waals surface area contributed by atoms with Gasteiger partial charge in [-0.15, -0.1) is 5.10 Å². The maximum Gasteiger partial charge on any atom is 0.270 e. The van der Waals surface area contributed by atoms with E-state index in [1.165, 1.54) is 6.20 Å². The van der Waals surface area contributed by atoms with Crippen molar-refractivity contribution in [2.45, 2.75) is 33.1 Å². The fourth-order valence-electron chi connectivity index (χ4n) is 2.64. The lowest BCUT2D eigenvalue weighted by atomic mass is 10.1. The van der Waals surface area contributed by atoms with E-state index in [-0.39, 0.29) is 0 Å². The van der Waals surface area contributed by atoms with Crippen LogP contribution in [0, 0.1) is 6.92 Å². The summed E-state index contributed by atoms with van der Waals surface area (Å²) in [5, 5.41) is 8.27. The first-order chi connectivity index (χ1) is 13.6. The van der Waals surface area contributed by atoms with Gasteiger partial charge in [0.1, 0.15) is 0 Å². The van der Waals surface area contributed by atoms with Crippen molar-refractivity contribution in [1.29, 1.82) is 0 Å². The molecule has 8 nitrogen and oxygen atoms in total. The topological polar surface area (TPSA) is 102 Å². The van der Waals surface area contributed by atoms with Crippen molar-refractivity contribution >= 4 is 11.8 Å². The normalized spacial score (nSPS) is 10.5. The summed E-state index contributed by atoms with van der Waals surface area (Å²) >= 11 is 0. The number of aryl methyl sites for hydroxylation is 2. The van der Waals surface area contributed by atoms with Gasteiger partial charge in [-0.25, -0.2) is 4.68 Å². The molecule has 0 unspecified atom stereocenters. The van der Waals surface area contributed by atoms with Crippen molar-refractivity contribution in [3.63, 3.8) is 0 Å². The Balaban J connectivity index is 1.60. The van der Waals surface area contributed by atoms with Gasteiger partial charge in [0.05, 0.1) is 17.6 Å². The van der Waals surface area contributed by atoms with Gasteiger partial charge in [-0.2, -0.15) is 0 Å². The zero-order valence-electron chi connectivity index (χ0n) is 15.8. The monoisotopic (exact) mass is 378 g/mol. The zero-order chi connectivity index (χ0) is 19.9. The first-order valence-electron chi connectivity index (χ1n) is 9.11. The molecule has 0 aliphatic heterocycles. The Hall–Kier alpha value is -3.55. The van der Waals surface area contributed by atoms with E-state index in [4.69, 9.17) is 0 Å². The molecule has 0 atom stereocenters. The SMILES string of the molecule is CCCCc1cn(-c2ccc(C(=O)NNC(=O)c3ccncc3C)cc2)nn1. The van der Waals surface area contributed by atoms with Crippen molar-refractivity contribution in [3.8, 4) is 5.69 Å². The van der Waals surface area contributed by atoms with E-state index in [1.54, 1.807) is 48.1 Å². The summed E-state index contributed by atoms with van der Waals surface area (Å²) in [5.74, 6) is -0.805. The Bertz CT molecular complexity index is 965. The molecule has 144 valence electrons. The predicted molar refractivity (Wildman–Crippen MR) is 104 cm³/mol. The van der Waals surface area contributed by atoms with E-state index in [0.29, 0.717) is 11.1 Å². The smallest absolute Gasteiger partial charge is 0.267 e. The molecule has 3 rings (SSSR count). The van der Waals surface area contributed by atoms with Crippen LogP contribution in [0.5, 0.6) is 0 Å². The van der Waals surface area contributed by atoms with Gasteiger partial charge in [-0.05, 0) is 55.7 Å². The first-order valence-corrected chi connectivity index (χ1v) is 9.11. The minimum atomic E-state index is -0.408. The number of carbonyl (C=O) groups excluding carboxylic acids is 2. The van der Waals surface area contributed by atoms with Crippen LogP contribution >= 0.6 is 0 Å². The molecular formula is C20H22N6O2. The van der Waals surface area contributed by atoms with Crippen LogP contribution in [0.15, 0.2) is 48.9 Å². The number of hydrogen-bond donors (Lipinski definition) is 2. The third-order valence-electron chi connectivity index (χ3n) is 4.28. The third-order valence-corrected chi connectivity index (χ3v) is 4.28. The fraction of sp³-hybridized carbons (Fsp3) is 0.250. The third kappa shape index (κ3) is 4.59. The van der Waals surface area contributed by atoms with Crippen molar-refractivity contribution in [2.75, 3.05) is 0 Å². The van der Waals surface area contributed by atoms with E-state index in [2.05, 4.69) is 33.1 Å². The number of hydrogen-bond acceptors (Lipinski definition) is 5. The summed E-state index contributed by atoms with van der Waals surface area (Å²) in [7, 11) is 0. The van der Waals surface area contributed by atoms with Crippen molar-refractivity contribution in [1.82, 2.24) is 30.8 Å². The average molecular weight is 378 g/mol. The Morgan fingerprint density at radius 2 is 1.82 bits per heavy atom. The molecule has 1 aromatic carbocycles. The number of aromatic nitrogens is 4. The second kappa shape index (κ2) is 8.90. The van der Waals surface area contributed by atoms with Gasteiger partial charge in [0.2, 0.25) is 0 Å². The number of rotatable bonds is 6. The van der Waals surface area contributed by atoms with E-state index >= 15 is 0 Å². The quantitative estimate of drug-likeness (QED) is 0.641. The van der Waals surface area contributed by atoms with Gasteiger partial charge in [0.15, 0.2) is 0 Å². The number of nitrogens with zero attached hydrogens (tertiary/aromatic N) is 4. The molecule has 2 heterocycles. The molecule has 0 bridgehead atoms. The first kappa shape index (κ1) is 19.2. The number of pyridine rings is 1. The molecule has 0 saturated carbocycles. The minimum Gasteiger partial charge on any atom is -0.267 e. The Morgan fingerprint density at radius 3 is 2.54 bits per heavy atom. The maximum atomic E-state index is 12.3. The highest BCUT2D eigenvalue weighted by molar-refractivity contribution is 5.99. The Morgan fingerprint density at radius 1 is 1.07 bits per heavy atom. The van der Waals surface area contributed by atoms with Crippen LogP contribution in [-0.2, 0) is 6.42 Å². The molecule has 0 radical (unpaired) electrons. The molecule has 28 heavy (non-hydrogen) atoms. The summed E-state index contributed by atoms with van der Waals surface area (Å²) < 4.78 is 1.68. The molecule has 0 spiro atoms. The highest BCUT2D eigenvalue weighted by atomic mass is 16.2. The van der Waals surface area contributed by atoms with E-state index < -0.39 is 11.8 Å². The zero-order valence-corrected chi connectivity index (χ0v) is 15.8. The fourth-order valence-corrected chi connectivity index (χ4v) is 2.64. The summed E-state index contributed by atoms with van der Waals surface area (Å²) in [4.78, 5) is 28.3. The van der Waals surface area contributed by atoms with E-state index in [9.17, 15) is 9.59 Å². The van der Waals surface area contributed by atoms with Crippen LogP contribution in [-0.4, -0.2) is 31.8 Å². The number of benzene rings is 1. The van der Waals surface area contributed by atoms with Gasteiger partial charge < -0.3 is 0 Å². The largest absolute Gasteiger partial charge is 0.270 e. The average Bonchev–Trinajstić information content (AvgIpc) is 3.19. The molecular weight excluding hydrogens is 356 g/mol. The molecule has 3 aromatic rings. The van der Waals surface area contributed by atoms with Crippen LogP contribution in [0.4, 0.5) is 0 Å². The summed E-state index contributed by atoms with van der Waals surface area (Å²) in [6.45, 7) is 3.91. The lowest BCUT2D eigenvalue weighted by molar-refractivity contribution is 0.0846. The Labute approximate surface area is 163 Å². The van der Waals surface area contributed by atoms with E-state index in [0.717, 1.165) is 36.2 Å². The second-order valence-electron chi connectivity index (χ2n) is 6.40. The van der Waals surface area contributed by atoms with Crippen molar-refractivity contribution in [3.05, 3.63) is 71.3 Å². The van der Waals surface area contributed by atoms with Gasteiger partial charge in [-0.3, -0.25) is 25.4 Å². The van der Waals surface area contributed by atoms with Gasteiger partial charge in [0.25, 0.3) is 11.8 Å². The molecule has 0 saturated heterocycles. The highest BCUT2D eigenvalue weighted by Crippen LogP contribution is 2.10. The van der Waals surface area contributed by atoms with Gasteiger partial charge >= 0.3 is 0 Å². The number of unbranched alkanes of at least 4 members (excludes halogenated alkanes) is 1. The van der Waals surface area contributed by atoms with Crippen LogP contribution in [0.25, 0.3) is 5.69 Å². The van der Waals surface area contributed by atoms with Crippen LogP contribution < -0.4 is 10.9 Å². The number of nitrogens with one attached hydrogen (secondary N) is 2. The molecule has 2 N–H and O–H groups in total. The lowest BCUT2D eigenvalue weighted by Gasteiger charge is -2.09. The Kier molecular flexibility index (Phi) is 6.11. The standard InChI is InChI=1S/C20H22N6O2/c1-3-4-5-16-13-26(25-22-16)17-8-6-15(7-9-17)19(27)23-24-20(28)18-10-11-21-12-14(18)2/h6-13H,3-5H2,1-2H3,(H,23,27)(H,24,28). The van der Waals surface area contributed by atoms with E-state index in [1.807, 2.05) is 6.20 Å². The van der Waals surface area contributed by atoms with Crippen molar-refractivity contribution < 1.29 is 9.59 Å².